The van der Waals surface area contributed by atoms with Crippen LogP contribution in [0, 0.1) is 11.3 Å². The Balaban J connectivity index is 0.00000109. The topological polar surface area (TPSA) is 246 Å². The SMILES string of the molecule is CC[C@]1(O)C[C@H]2CN(CCc3c([nH]c4ccccc34)[C@@](C(=O)OC)(c3cc4c(cc3OC)N(C=O)C3[C@]45CCN4CC=C[C@@](CC)([C@@H](OC(C)=O)[C@]3(O)C(=O)OC)[C@H]45)C2)C1.O=S(=O)(O)O. The standard InChI is InChI=1S/C46H56N4O10.H2O4S/c1-7-42(55)22-28-23-45(40(53)58-5,36-30(14-18-48(24-28)25-42)29-12-9-10-13-33(29)47-36)32-20-31-34(21-35(32)57-4)50(26-51)38-44(31)16-19-49-17-11-15-43(8-2,37(44)49)39(60-27(3)52)46(38,56)41(54)59-6;1-5(2,3)4/h9-13,15,20-21,26,28,37-39,47,55-56H,7-8,14,16-19,22-25H2,1-6H3;(H2,1,2,3,4)/t28-,37+,38?,39-,42+,43-,44-,45+,46+;/m1./s1. The fourth-order valence-corrected chi connectivity index (χ4v) is 13.4. The Labute approximate surface area is 377 Å². The van der Waals surface area contributed by atoms with Gasteiger partial charge in [-0.15, -0.1) is 0 Å². The van der Waals surface area contributed by atoms with Crippen LogP contribution in [0.15, 0.2) is 48.6 Å². The van der Waals surface area contributed by atoms with Crippen LogP contribution in [0.3, 0.4) is 0 Å². The summed E-state index contributed by atoms with van der Waals surface area (Å²) in [6.07, 6.45) is 5.83. The number of fused-ring (bicyclic) bond motifs is 6. The van der Waals surface area contributed by atoms with E-state index >= 15 is 4.79 Å². The Hall–Kier alpha value is -4.89. The molecule has 3 fully saturated rings. The second-order valence-electron chi connectivity index (χ2n) is 18.6. The van der Waals surface area contributed by atoms with Gasteiger partial charge >= 0.3 is 28.3 Å². The molecule has 1 aromatic heterocycles. The van der Waals surface area contributed by atoms with E-state index in [1.807, 2.05) is 50.3 Å². The number of aliphatic hydroxyl groups is 2. The van der Waals surface area contributed by atoms with Crippen LogP contribution in [0.25, 0.3) is 10.9 Å². The first kappa shape index (κ1) is 46.6. The first-order chi connectivity index (χ1) is 30.8. The van der Waals surface area contributed by atoms with Crippen LogP contribution in [0.1, 0.15) is 75.3 Å². The maximum atomic E-state index is 15.3. The highest BCUT2D eigenvalue weighted by molar-refractivity contribution is 7.79. The zero-order valence-corrected chi connectivity index (χ0v) is 38.2. The molecule has 1 saturated carbocycles. The molecule has 5 aliphatic heterocycles. The second-order valence-corrected chi connectivity index (χ2v) is 19.4. The number of piperidine rings is 1. The van der Waals surface area contributed by atoms with Crippen molar-refractivity contribution in [2.45, 2.75) is 99.5 Å². The van der Waals surface area contributed by atoms with Gasteiger partial charge in [0.05, 0.1) is 38.7 Å². The van der Waals surface area contributed by atoms with E-state index in [9.17, 15) is 24.6 Å². The minimum absolute atomic E-state index is 0.155. The maximum absolute atomic E-state index is 15.3. The fraction of sp³-hybridized carbons (Fsp3) is 0.565. The predicted molar refractivity (Wildman–Crippen MR) is 235 cm³/mol. The molecule has 2 bridgehead atoms. The third kappa shape index (κ3) is 6.90. The number of carbonyl (C=O) groups excluding carboxylic acids is 4. The number of aromatic amines is 1. The molecule has 2 unspecified atom stereocenters. The van der Waals surface area contributed by atoms with Crippen LogP contribution >= 0.6 is 0 Å². The summed E-state index contributed by atoms with van der Waals surface area (Å²) in [6, 6.07) is 9.97. The van der Waals surface area contributed by atoms with Crippen LogP contribution in [-0.4, -0.2) is 150 Å². The molecule has 352 valence electrons. The van der Waals surface area contributed by atoms with Crippen molar-refractivity contribution in [1.82, 2.24) is 14.8 Å². The Morgan fingerprint density at radius 3 is 2.29 bits per heavy atom. The van der Waals surface area contributed by atoms with Crippen LogP contribution in [-0.2, 0) is 61.0 Å². The summed E-state index contributed by atoms with van der Waals surface area (Å²) >= 11 is 0. The number of methoxy groups -OCH3 is 3. The molecule has 2 aromatic carbocycles. The number of H-pyrrole nitrogens is 1. The summed E-state index contributed by atoms with van der Waals surface area (Å²) in [6.45, 7) is 8.16. The smallest absolute Gasteiger partial charge is 0.394 e. The van der Waals surface area contributed by atoms with E-state index < -0.39 is 73.9 Å². The number of ether oxygens (including phenoxy) is 4. The molecule has 1 amide bonds. The van der Waals surface area contributed by atoms with Crippen LogP contribution in [0.2, 0.25) is 0 Å². The minimum Gasteiger partial charge on any atom is -0.496 e. The van der Waals surface area contributed by atoms with Gasteiger partial charge in [-0.2, -0.15) is 8.42 Å². The summed E-state index contributed by atoms with van der Waals surface area (Å²) in [4.78, 5) is 66.1. The van der Waals surface area contributed by atoms with Gasteiger partial charge in [0.2, 0.25) is 12.0 Å². The second kappa shape index (κ2) is 16.5. The van der Waals surface area contributed by atoms with Crippen molar-refractivity contribution in [1.29, 1.82) is 0 Å². The fourth-order valence-electron chi connectivity index (χ4n) is 13.4. The Morgan fingerprint density at radius 1 is 0.954 bits per heavy atom. The Bertz CT molecular complexity index is 2560. The van der Waals surface area contributed by atoms with Crippen LogP contribution in [0.4, 0.5) is 5.69 Å². The van der Waals surface area contributed by atoms with Crippen molar-refractivity contribution in [3.05, 3.63) is 70.9 Å². The number of nitrogens with zero attached hydrogens (tertiary/aromatic N) is 3. The molecule has 6 heterocycles. The first-order valence-corrected chi connectivity index (χ1v) is 23.4. The van der Waals surface area contributed by atoms with Gasteiger partial charge < -0.3 is 39.0 Å². The van der Waals surface area contributed by atoms with Gasteiger partial charge in [0, 0.05) is 78.2 Å². The van der Waals surface area contributed by atoms with Gasteiger partial charge in [-0.3, -0.25) is 33.3 Å². The summed E-state index contributed by atoms with van der Waals surface area (Å²) in [5, 5.41) is 26.3. The molecular weight excluding hydrogens is 865 g/mol. The molecule has 10 atom stereocenters. The average molecular weight is 923 g/mol. The Morgan fingerprint density at radius 2 is 1.66 bits per heavy atom. The number of hydrogen-bond acceptors (Lipinski definition) is 14. The van der Waals surface area contributed by atoms with E-state index in [1.165, 1.54) is 33.2 Å². The molecule has 5 N–H and O–H groups in total. The van der Waals surface area contributed by atoms with Crippen molar-refractivity contribution < 1.29 is 65.9 Å². The molecule has 6 aliphatic rings. The third-order valence-electron chi connectivity index (χ3n) is 15.5. The summed E-state index contributed by atoms with van der Waals surface area (Å²) < 4.78 is 55.3. The molecule has 0 radical (unpaired) electrons. The lowest BCUT2D eigenvalue weighted by Crippen LogP contribution is -2.81. The van der Waals surface area contributed by atoms with Crippen LogP contribution < -0.4 is 9.64 Å². The summed E-state index contributed by atoms with van der Waals surface area (Å²) in [7, 11) is -0.577. The van der Waals surface area contributed by atoms with E-state index in [4.69, 9.17) is 36.5 Å². The number of esters is 3. The highest BCUT2D eigenvalue weighted by atomic mass is 32.3. The molecule has 65 heavy (non-hydrogen) atoms. The molecule has 3 aromatic rings. The van der Waals surface area contributed by atoms with Gasteiger partial charge in [-0.1, -0.05) is 44.2 Å². The number of aromatic nitrogens is 1. The monoisotopic (exact) mass is 922 g/mol. The maximum Gasteiger partial charge on any atom is 0.394 e. The van der Waals surface area contributed by atoms with E-state index in [0.717, 1.165) is 16.5 Å². The highest BCUT2D eigenvalue weighted by Crippen LogP contribution is 2.68. The van der Waals surface area contributed by atoms with Gasteiger partial charge in [0.25, 0.3) is 0 Å². The lowest BCUT2D eigenvalue weighted by atomic mass is 9.47. The van der Waals surface area contributed by atoms with E-state index in [-0.39, 0.29) is 12.3 Å². The normalized spacial score (nSPS) is 34.6. The van der Waals surface area contributed by atoms with Gasteiger partial charge in [0.15, 0.2) is 6.10 Å². The quantitative estimate of drug-likeness (QED) is 0.0717. The number of amides is 1. The van der Waals surface area contributed by atoms with Crippen molar-refractivity contribution in [3.63, 3.8) is 0 Å². The minimum atomic E-state index is -4.67. The number of carbonyl (C=O) groups is 4. The van der Waals surface area contributed by atoms with E-state index in [2.05, 4.69) is 20.9 Å². The van der Waals surface area contributed by atoms with Crippen molar-refractivity contribution in [2.24, 2.45) is 11.3 Å². The van der Waals surface area contributed by atoms with Gasteiger partial charge in [-0.05, 0) is 74.2 Å². The largest absolute Gasteiger partial charge is 0.496 e. The molecule has 2 saturated heterocycles. The molecule has 19 heteroatoms. The summed E-state index contributed by atoms with van der Waals surface area (Å²) in [5.74, 6) is -2.06. The van der Waals surface area contributed by atoms with Crippen molar-refractivity contribution >= 4 is 51.3 Å². The lowest BCUT2D eigenvalue weighted by molar-refractivity contribution is -0.228. The number of nitrogens with one attached hydrogen (secondary N) is 1. The predicted octanol–water partition coefficient (Wildman–Crippen LogP) is 2.86. The van der Waals surface area contributed by atoms with Gasteiger partial charge in [0.1, 0.15) is 11.2 Å². The van der Waals surface area contributed by atoms with Crippen molar-refractivity contribution in [3.8, 4) is 5.75 Å². The molecule has 1 spiro atoms. The average Bonchev–Trinajstić information content (AvgIpc) is 3.95. The third-order valence-corrected chi connectivity index (χ3v) is 15.5. The summed E-state index contributed by atoms with van der Waals surface area (Å²) in [5.41, 5.74) is -3.15. The number of para-hydroxylation sites is 1. The number of hydrogen-bond donors (Lipinski definition) is 5. The number of rotatable bonds is 8. The van der Waals surface area contributed by atoms with Gasteiger partial charge in [-0.25, -0.2) is 4.79 Å². The number of benzene rings is 2. The van der Waals surface area contributed by atoms with Crippen molar-refractivity contribution in [2.75, 3.05) is 59.0 Å². The zero-order valence-electron chi connectivity index (χ0n) is 37.4. The molecule has 9 rings (SSSR count). The zero-order chi connectivity index (χ0) is 47.1. The lowest BCUT2D eigenvalue weighted by Gasteiger charge is -2.63. The highest BCUT2D eigenvalue weighted by Gasteiger charge is 2.81. The Kier molecular flexibility index (Phi) is 11.8. The molecule has 18 nitrogen and oxygen atoms in total. The molecular formula is C46H58N4O14S. The first-order valence-electron chi connectivity index (χ1n) is 22.0. The van der Waals surface area contributed by atoms with E-state index in [1.54, 1.807) is 6.07 Å². The molecule has 1 aliphatic carbocycles. The van der Waals surface area contributed by atoms with Crippen LogP contribution in [0.5, 0.6) is 5.75 Å². The van der Waals surface area contributed by atoms with E-state index in [0.29, 0.717) is 99.5 Å². The number of anilines is 1.